The van der Waals surface area contributed by atoms with Crippen LogP contribution in [0, 0.1) is 6.92 Å². The lowest BCUT2D eigenvalue weighted by atomic mass is 10.1. The van der Waals surface area contributed by atoms with E-state index in [1.165, 1.54) is 17.0 Å². The Balaban J connectivity index is 2.08. The summed E-state index contributed by atoms with van der Waals surface area (Å²) in [4.78, 5) is 28.7. The van der Waals surface area contributed by atoms with E-state index in [2.05, 4.69) is 5.32 Å². The second-order valence-electron chi connectivity index (χ2n) is 10.9. The van der Waals surface area contributed by atoms with Gasteiger partial charge in [-0.3, -0.25) is 13.9 Å². The number of nitrogens with one attached hydrogen (secondary N) is 1. The van der Waals surface area contributed by atoms with Crippen molar-refractivity contribution in [2.24, 2.45) is 0 Å². The second kappa shape index (κ2) is 13.8. The molecule has 0 saturated heterocycles. The van der Waals surface area contributed by atoms with E-state index in [1.807, 2.05) is 34.6 Å². The standard InChI is InChI=1S/C31H37Cl2N3O5S/c1-7-41-24-15-13-23(14-16-24)36(42(39,40)25-17-11-21(2)12-18-25)20-29(37)35(22(3)30(38)34-31(4,5)6)19-26-27(32)9-8-10-28(26)33/h8-18,22H,7,19-20H2,1-6H3,(H,34,38). The number of carbonyl (C=O) groups excluding carboxylic acids is 2. The Morgan fingerprint density at radius 1 is 0.952 bits per heavy atom. The predicted molar refractivity (Wildman–Crippen MR) is 168 cm³/mol. The average molecular weight is 635 g/mol. The summed E-state index contributed by atoms with van der Waals surface area (Å²) < 4.78 is 34.5. The molecule has 1 atom stereocenters. The maximum Gasteiger partial charge on any atom is 0.264 e. The van der Waals surface area contributed by atoms with Crippen molar-refractivity contribution < 1.29 is 22.7 Å². The molecule has 42 heavy (non-hydrogen) atoms. The molecular weight excluding hydrogens is 597 g/mol. The molecule has 0 aliphatic heterocycles. The van der Waals surface area contributed by atoms with Gasteiger partial charge in [-0.15, -0.1) is 0 Å². The Hall–Kier alpha value is -3.27. The van der Waals surface area contributed by atoms with Crippen LogP contribution >= 0.6 is 23.2 Å². The van der Waals surface area contributed by atoms with Crippen molar-refractivity contribution in [3.63, 3.8) is 0 Å². The number of nitrogens with zero attached hydrogens (tertiary/aromatic N) is 2. The smallest absolute Gasteiger partial charge is 0.264 e. The van der Waals surface area contributed by atoms with Gasteiger partial charge in [-0.25, -0.2) is 8.42 Å². The summed E-state index contributed by atoms with van der Waals surface area (Å²) in [5.74, 6) is -0.470. The van der Waals surface area contributed by atoms with Crippen molar-refractivity contribution in [3.05, 3.63) is 87.9 Å². The summed E-state index contributed by atoms with van der Waals surface area (Å²) in [6, 6.07) is 16.8. The molecule has 3 rings (SSSR count). The Morgan fingerprint density at radius 2 is 1.52 bits per heavy atom. The van der Waals surface area contributed by atoms with Crippen LogP contribution in [0.4, 0.5) is 5.69 Å². The third kappa shape index (κ3) is 8.40. The van der Waals surface area contributed by atoms with Crippen LogP contribution in [0.2, 0.25) is 10.0 Å². The third-order valence-electron chi connectivity index (χ3n) is 6.38. The maximum absolute atomic E-state index is 14.1. The minimum atomic E-state index is -4.20. The van der Waals surface area contributed by atoms with Gasteiger partial charge in [0.15, 0.2) is 0 Å². The van der Waals surface area contributed by atoms with E-state index < -0.39 is 40.0 Å². The number of anilines is 1. The molecule has 0 heterocycles. The van der Waals surface area contributed by atoms with E-state index in [0.29, 0.717) is 28.0 Å². The molecule has 0 spiro atoms. The first-order valence-electron chi connectivity index (χ1n) is 13.5. The molecule has 0 fully saturated rings. The fourth-order valence-electron chi connectivity index (χ4n) is 4.15. The highest BCUT2D eigenvalue weighted by molar-refractivity contribution is 7.92. The molecule has 0 bridgehead atoms. The number of amides is 2. The number of sulfonamides is 1. The van der Waals surface area contributed by atoms with Crippen LogP contribution in [0.5, 0.6) is 5.75 Å². The lowest BCUT2D eigenvalue weighted by molar-refractivity contribution is -0.140. The zero-order valence-electron chi connectivity index (χ0n) is 24.6. The van der Waals surface area contributed by atoms with Crippen molar-refractivity contribution in [1.82, 2.24) is 10.2 Å². The van der Waals surface area contributed by atoms with E-state index in [1.54, 1.807) is 61.5 Å². The summed E-state index contributed by atoms with van der Waals surface area (Å²) in [6.07, 6.45) is 0. The third-order valence-corrected chi connectivity index (χ3v) is 8.88. The fraction of sp³-hybridized carbons (Fsp3) is 0.355. The molecule has 0 aromatic heterocycles. The summed E-state index contributed by atoms with van der Waals surface area (Å²) in [5.41, 5.74) is 1.03. The minimum absolute atomic E-state index is 0.0222. The quantitative estimate of drug-likeness (QED) is 0.270. The van der Waals surface area contributed by atoms with E-state index in [0.717, 1.165) is 9.87 Å². The first kappa shape index (κ1) is 33.2. The van der Waals surface area contributed by atoms with Crippen LogP contribution < -0.4 is 14.4 Å². The molecule has 3 aromatic rings. The van der Waals surface area contributed by atoms with E-state index in [9.17, 15) is 18.0 Å². The lowest BCUT2D eigenvalue weighted by Gasteiger charge is -2.34. The number of rotatable bonds is 11. The zero-order chi connectivity index (χ0) is 31.2. The Bertz CT molecular complexity index is 1480. The SMILES string of the molecule is CCOc1ccc(N(CC(=O)N(Cc2c(Cl)cccc2Cl)C(C)C(=O)NC(C)(C)C)S(=O)(=O)c2ccc(C)cc2)cc1. The van der Waals surface area contributed by atoms with Gasteiger partial charge < -0.3 is 15.0 Å². The van der Waals surface area contributed by atoms with Gasteiger partial charge in [0, 0.05) is 27.7 Å². The molecule has 0 aliphatic carbocycles. The molecule has 0 radical (unpaired) electrons. The average Bonchev–Trinajstić information content (AvgIpc) is 2.91. The van der Waals surface area contributed by atoms with Crippen molar-refractivity contribution in [2.45, 2.75) is 64.6 Å². The van der Waals surface area contributed by atoms with Crippen LogP contribution in [-0.2, 0) is 26.2 Å². The van der Waals surface area contributed by atoms with Gasteiger partial charge >= 0.3 is 0 Å². The van der Waals surface area contributed by atoms with Gasteiger partial charge in [0.25, 0.3) is 10.0 Å². The van der Waals surface area contributed by atoms with Gasteiger partial charge in [0.05, 0.1) is 17.2 Å². The number of hydrogen-bond donors (Lipinski definition) is 1. The van der Waals surface area contributed by atoms with Crippen LogP contribution in [0.1, 0.15) is 45.7 Å². The maximum atomic E-state index is 14.1. The predicted octanol–water partition coefficient (Wildman–Crippen LogP) is 6.23. The van der Waals surface area contributed by atoms with E-state index >= 15 is 0 Å². The Labute approximate surface area is 258 Å². The number of aryl methyl sites for hydroxylation is 1. The highest BCUT2D eigenvalue weighted by Crippen LogP contribution is 2.29. The highest BCUT2D eigenvalue weighted by Gasteiger charge is 2.34. The van der Waals surface area contributed by atoms with Crippen LogP contribution in [0.3, 0.4) is 0 Å². The molecule has 8 nitrogen and oxygen atoms in total. The van der Waals surface area contributed by atoms with Crippen molar-refractivity contribution in [3.8, 4) is 5.75 Å². The number of benzene rings is 3. The Morgan fingerprint density at radius 3 is 2.05 bits per heavy atom. The first-order chi connectivity index (χ1) is 19.6. The normalized spacial score (nSPS) is 12.4. The van der Waals surface area contributed by atoms with Crippen molar-refractivity contribution >= 4 is 50.7 Å². The summed E-state index contributed by atoms with van der Waals surface area (Å²) in [7, 11) is -4.20. The molecule has 1 unspecified atom stereocenters. The van der Waals surface area contributed by atoms with Gasteiger partial charge in [-0.05, 0) is 90.1 Å². The molecular formula is C31H37Cl2N3O5S. The fourth-order valence-corrected chi connectivity index (χ4v) is 6.08. The summed E-state index contributed by atoms with van der Waals surface area (Å²) in [5, 5.41) is 3.53. The zero-order valence-corrected chi connectivity index (χ0v) is 27.0. The molecule has 0 saturated carbocycles. The monoisotopic (exact) mass is 633 g/mol. The number of carbonyl (C=O) groups is 2. The van der Waals surface area contributed by atoms with Gasteiger partial charge in [-0.2, -0.15) is 0 Å². The molecule has 11 heteroatoms. The van der Waals surface area contributed by atoms with Crippen molar-refractivity contribution in [1.29, 1.82) is 0 Å². The number of hydrogen-bond acceptors (Lipinski definition) is 5. The van der Waals surface area contributed by atoms with Crippen LogP contribution in [0.15, 0.2) is 71.6 Å². The molecule has 1 N–H and O–H groups in total. The van der Waals surface area contributed by atoms with Gasteiger partial charge in [-0.1, -0.05) is 47.0 Å². The molecule has 0 aliphatic rings. The topological polar surface area (TPSA) is 96.0 Å². The molecule has 3 aromatic carbocycles. The van der Waals surface area contributed by atoms with Crippen LogP contribution in [-0.4, -0.2) is 49.9 Å². The highest BCUT2D eigenvalue weighted by atomic mass is 35.5. The number of ether oxygens (including phenoxy) is 1. The summed E-state index contributed by atoms with van der Waals surface area (Å²) in [6.45, 7) is 10.5. The van der Waals surface area contributed by atoms with Gasteiger partial charge in [0.1, 0.15) is 18.3 Å². The molecule has 226 valence electrons. The lowest BCUT2D eigenvalue weighted by Crippen LogP contribution is -2.54. The Kier molecular flexibility index (Phi) is 10.9. The summed E-state index contributed by atoms with van der Waals surface area (Å²) >= 11 is 12.9. The number of halogens is 2. The van der Waals surface area contributed by atoms with E-state index in [4.69, 9.17) is 27.9 Å². The van der Waals surface area contributed by atoms with E-state index in [-0.39, 0.29) is 17.1 Å². The van der Waals surface area contributed by atoms with Crippen molar-refractivity contribution in [2.75, 3.05) is 17.5 Å². The molecule has 2 amide bonds. The minimum Gasteiger partial charge on any atom is -0.494 e. The van der Waals surface area contributed by atoms with Crippen LogP contribution in [0.25, 0.3) is 0 Å². The second-order valence-corrected chi connectivity index (χ2v) is 13.6. The van der Waals surface area contributed by atoms with Gasteiger partial charge in [0.2, 0.25) is 11.8 Å². The largest absolute Gasteiger partial charge is 0.494 e. The first-order valence-corrected chi connectivity index (χ1v) is 15.7.